The summed E-state index contributed by atoms with van der Waals surface area (Å²) in [5.74, 6) is 0.630. The van der Waals surface area contributed by atoms with E-state index in [1.165, 1.54) is 22.3 Å². The lowest BCUT2D eigenvalue weighted by Gasteiger charge is -2.39. The fourth-order valence-electron chi connectivity index (χ4n) is 4.55. The van der Waals surface area contributed by atoms with E-state index in [-0.39, 0.29) is 11.9 Å². The maximum atomic E-state index is 14.4. The monoisotopic (exact) mass is 307 g/mol. The summed E-state index contributed by atoms with van der Waals surface area (Å²) in [5, 5.41) is 3.54. The number of para-hydroxylation sites is 1. The maximum absolute atomic E-state index is 14.4. The minimum atomic E-state index is -0.145. The molecular weight excluding hydrogens is 285 g/mol. The van der Waals surface area contributed by atoms with Gasteiger partial charge < -0.3 is 5.32 Å². The van der Waals surface area contributed by atoms with Gasteiger partial charge in [0.1, 0.15) is 5.82 Å². The molecule has 4 rings (SSSR count). The van der Waals surface area contributed by atoms with Crippen LogP contribution in [0.4, 0.5) is 10.1 Å². The van der Waals surface area contributed by atoms with Gasteiger partial charge in [-0.3, -0.25) is 0 Å². The molecule has 0 saturated carbocycles. The third-order valence-electron chi connectivity index (χ3n) is 5.39. The van der Waals surface area contributed by atoms with Gasteiger partial charge in [0.2, 0.25) is 0 Å². The Morgan fingerprint density at radius 1 is 1.09 bits per heavy atom. The fraction of sp³-hybridized carbons (Fsp3) is 0.333. The third kappa shape index (κ3) is 2.20. The molecule has 2 heteroatoms. The van der Waals surface area contributed by atoms with Crippen molar-refractivity contribution < 1.29 is 4.39 Å². The molecule has 0 saturated heterocycles. The Morgan fingerprint density at radius 2 is 1.83 bits per heavy atom. The van der Waals surface area contributed by atoms with Crippen LogP contribution < -0.4 is 5.32 Å². The van der Waals surface area contributed by atoms with Crippen LogP contribution in [-0.2, 0) is 0 Å². The van der Waals surface area contributed by atoms with Crippen LogP contribution in [0.2, 0.25) is 0 Å². The molecular formula is C21H22FN. The van der Waals surface area contributed by atoms with Crippen LogP contribution in [0.25, 0.3) is 0 Å². The van der Waals surface area contributed by atoms with Crippen LogP contribution in [-0.4, -0.2) is 0 Å². The lowest BCUT2D eigenvalue weighted by molar-refractivity contribution is 0.418. The van der Waals surface area contributed by atoms with Gasteiger partial charge in [-0.15, -0.1) is 0 Å². The molecule has 0 radical (unpaired) electrons. The standard InChI is InChI=1S/C21H22FN/c1-12-10-13(2)19(14(3)11-12)21-17-7-4-6-15(17)16-8-5-9-18(22)20(16)23-21/h4-6,8-11,15,17,21,23H,7H2,1-3H3. The molecule has 1 nitrogen and oxygen atoms in total. The number of fused-ring (bicyclic) bond motifs is 3. The quantitative estimate of drug-likeness (QED) is 0.678. The predicted molar refractivity (Wildman–Crippen MR) is 93.4 cm³/mol. The summed E-state index contributed by atoms with van der Waals surface area (Å²) in [4.78, 5) is 0. The average molecular weight is 307 g/mol. The zero-order valence-corrected chi connectivity index (χ0v) is 13.9. The van der Waals surface area contributed by atoms with Gasteiger partial charge in [-0.05, 0) is 61.4 Å². The highest BCUT2D eigenvalue weighted by atomic mass is 19.1. The summed E-state index contributed by atoms with van der Waals surface area (Å²) in [6.07, 6.45) is 5.56. The Hall–Kier alpha value is -2.09. The zero-order valence-electron chi connectivity index (χ0n) is 13.9. The van der Waals surface area contributed by atoms with E-state index in [0.29, 0.717) is 17.5 Å². The minimum absolute atomic E-state index is 0.145. The molecule has 1 aliphatic carbocycles. The Labute approximate surface area is 137 Å². The molecule has 1 heterocycles. The molecule has 2 aliphatic rings. The molecule has 1 aliphatic heterocycles. The third-order valence-corrected chi connectivity index (χ3v) is 5.39. The van der Waals surface area contributed by atoms with Gasteiger partial charge >= 0.3 is 0 Å². The Bertz CT molecular complexity index is 782. The van der Waals surface area contributed by atoms with Crippen molar-refractivity contribution >= 4 is 5.69 Å². The van der Waals surface area contributed by atoms with Gasteiger partial charge in [0.05, 0.1) is 11.7 Å². The van der Waals surface area contributed by atoms with E-state index in [4.69, 9.17) is 0 Å². The lowest BCUT2D eigenvalue weighted by Crippen LogP contribution is -2.30. The largest absolute Gasteiger partial charge is 0.375 e. The first-order valence-electron chi connectivity index (χ1n) is 8.35. The van der Waals surface area contributed by atoms with Crippen molar-refractivity contribution in [3.63, 3.8) is 0 Å². The Morgan fingerprint density at radius 3 is 2.57 bits per heavy atom. The van der Waals surface area contributed by atoms with Crippen molar-refractivity contribution in [3.8, 4) is 0 Å². The lowest BCUT2D eigenvalue weighted by atomic mass is 9.75. The highest BCUT2D eigenvalue weighted by Crippen LogP contribution is 2.51. The average Bonchev–Trinajstić information content (AvgIpc) is 2.97. The van der Waals surface area contributed by atoms with Gasteiger partial charge in [0.15, 0.2) is 0 Å². The molecule has 1 N–H and O–H groups in total. The molecule has 2 aromatic carbocycles. The van der Waals surface area contributed by atoms with E-state index in [1.54, 1.807) is 6.07 Å². The first-order valence-corrected chi connectivity index (χ1v) is 8.35. The first-order chi connectivity index (χ1) is 11.1. The van der Waals surface area contributed by atoms with E-state index in [9.17, 15) is 4.39 Å². The van der Waals surface area contributed by atoms with Gasteiger partial charge in [-0.2, -0.15) is 0 Å². The number of nitrogens with one attached hydrogen (secondary N) is 1. The molecule has 23 heavy (non-hydrogen) atoms. The van der Waals surface area contributed by atoms with E-state index < -0.39 is 0 Å². The normalized spacial score (nSPS) is 25.0. The van der Waals surface area contributed by atoms with Crippen molar-refractivity contribution in [3.05, 3.63) is 76.1 Å². The molecule has 3 unspecified atom stereocenters. The topological polar surface area (TPSA) is 12.0 Å². The molecule has 118 valence electrons. The van der Waals surface area contributed by atoms with E-state index in [2.05, 4.69) is 56.4 Å². The van der Waals surface area contributed by atoms with Crippen molar-refractivity contribution in [2.75, 3.05) is 5.32 Å². The summed E-state index contributed by atoms with van der Waals surface area (Å²) >= 11 is 0. The van der Waals surface area contributed by atoms with Gasteiger partial charge in [-0.25, -0.2) is 4.39 Å². The molecule has 3 atom stereocenters. The van der Waals surface area contributed by atoms with E-state index >= 15 is 0 Å². The Balaban J connectivity index is 1.87. The number of aryl methyl sites for hydroxylation is 3. The van der Waals surface area contributed by atoms with Crippen LogP contribution in [0.1, 0.15) is 46.2 Å². The van der Waals surface area contributed by atoms with Crippen LogP contribution in [0.3, 0.4) is 0 Å². The summed E-state index contributed by atoms with van der Waals surface area (Å²) in [6, 6.07) is 10.1. The number of hydrogen-bond acceptors (Lipinski definition) is 1. The summed E-state index contributed by atoms with van der Waals surface area (Å²) in [7, 11) is 0. The fourth-order valence-corrected chi connectivity index (χ4v) is 4.55. The zero-order chi connectivity index (χ0) is 16.1. The summed E-state index contributed by atoms with van der Waals surface area (Å²) in [6.45, 7) is 6.48. The second-order valence-corrected chi connectivity index (χ2v) is 6.99. The molecule has 0 bridgehead atoms. The molecule has 0 spiro atoms. The Kier molecular flexibility index (Phi) is 3.29. The summed E-state index contributed by atoms with van der Waals surface area (Å²) < 4.78 is 14.4. The second-order valence-electron chi connectivity index (χ2n) is 6.99. The number of rotatable bonds is 1. The van der Waals surface area contributed by atoms with Gasteiger partial charge in [-0.1, -0.05) is 42.0 Å². The van der Waals surface area contributed by atoms with E-state index in [1.807, 2.05) is 6.07 Å². The molecule has 2 aromatic rings. The second kappa shape index (κ2) is 5.23. The van der Waals surface area contributed by atoms with Gasteiger partial charge in [0, 0.05) is 5.92 Å². The van der Waals surface area contributed by atoms with Gasteiger partial charge in [0.25, 0.3) is 0 Å². The van der Waals surface area contributed by atoms with E-state index in [0.717, 1.165) is 12.0 Å². The summed E-state index contributed by atoms with van der Waals surface area (Å²) in [5.41, 5.74) is 7.00. The molecule has 0 amide bonds. The van der Waals surface area contributed by atoms with Crippen molar-refractivity contribution in [1.82, 2.24) is 0 Å². The number of anilines is 1. The molecule has 0 aromatic heterocycles. The van der Waals surface area contributed by atoms with Crippen molar-refractivity contribution in [2.24, 2.45) is 5.92 Å². The smallest absolute Gasteiger partial charge is 0.146 e. The van der Waals surface area contributed by atoms with Crippen LogP contribution in [0.5, 0.6) is 0 Å². The van der Waals surface area contributed by atoms with Crippen LogP contribution in [0, 0.1) is 32.5 Å². The predicted octanol–water partition coefficient (Wildman–Crippen LogP) is 5.58. The number of allylic oxidation sites excluding steroid dienone is 2. The maximum Gasteiger partial charge on any atom is 0.146 e. The number of benzene rings is 2. The van der Waals surface area contributed by atoms with Crippen LogP contribution in [0.15, 0.2) is 42.5 Å². The minimum Gasteiger partial charge on any atom is -0.375 e. The molecule has 0 fully saturated rings. The number of halogens is 1. The van der Waals surface area contributed by atoms with Crippen molar-refractivity contribution in [1.29, 1.82) is 0 Å². The first kappa shape index (κ1) is 14.5. The SMILES string of the molecule is Cc1cc(C)c(C2Nc3c(F)cccc3C3C=CCC32)c(C)c1. The van der Waals surface area contributed by atoms with Crippen LogP contribution >= 0.6 is 0 Å². The number of hydrogen-bond donors (Lipinski definition) is 1. The van der Waals surface area contributed by atoms with Crippen molar-refractivity contribution in [2.45, 2.75) is 39.2 Å². The highest BCUT2D eigenvalue weighted by Gasteiger charge is 2.39. The highest BCUT2D eigenvalue weighted by molar-refractivity contribution is 5.61.